The Kier molecular flexibility index (Phi) is 6.23. The molecule has 150 valence electrons. The van der Waals surface area contributed by atoms with Crippen molar-refractivity contribution < 1.29 is 14.3 Å². The van der Waals surface area contributed by atoms with Crippen LogP contribution in [0.2, 0.25) is 5.15 Å². The summed E-state index contributed by atoms with van der Waals surface area (Å²) in [6.07, 6.45) is 2.99. The van der Waals surface area contributed by atoms with E-state index < -0.39 is 11.6 Å². The molecule has 0 amide bonds. The van der Waals surface area contributed by atoms with E-state index in [4.69, 9.17) is 21.1 Å². The van der Waals surface area contributed by atoms with Crippen LogP contribution in [0.3, 0.4) is 0 Å². The van der Waals surface area contributed by atoms with Crippen LogP contribution in [-0.4, -0.2) is 38.1 Å². The molecule has 0 aliphatic heterocycles. The molecule has 3 rings (SSSR count). The number of nitrogens with one attached hydrogen (secondary N) is 1. The molecule has 0 fully saturated rings. The first kappa shape index (κ1) is 20.5. The number of halogens is 1. The van der Waals surface area contributed by atoms with Crippen LogP contribution in [0.25, 0.3) is 11.4 Å². The fourth-order valence-electron chi connectivity index (χ4n) is 2.34. The number of hydrogen-bond acceptors (Lipinski definition) is 8. The average Bonchev–Trinajstić information content (AvgIpc) is 2.66. The van der Waals surface area contributed by atoms with Gasteiger partial charge in [-0.3, -0.25) is 0 Å². The molecule has 2 heterocycles. The number of ether oxygens (including phenoxy) is 2. The maximum atomic E-state index is 11.8. The summed E-state index contributed by atoms with van der Waals surface area (Å²) in [6, 6.07) is 10.5. The van der Waals surface area contributed by atoms with Gasteiger partial charge in [0.25, 0.3) is 0 Å². The highest BCUT2D eigenvalue weighted by Crippen LogP contribution is 2.22. The summed E-state index contributed by atoms with van der Waals surface area (Å²) >= 11 is 5.92. The van der Waals surface area contributed by atoms with Gasteiger partial charge in [-0.1, -0.05) is 17.7 Å². The summed E-state index contributed by atoms with van der Waals surface area (Å²) in [5.74, 6) is 0.890. The maximum absolute atomic E-state index is 11.8. The van der Waals surface area contributed by atoms with Crippen LogP contribution < -0.4 is 10.1 Å². The molecule has 9 heteroatoms. The standard InChI is InChI=1S/C20H20ClN5O3/c1-20(2,3)29-17(27)11-28-15-6-4-5-14(10-15)25-19-24-12-23-18(26-19)13-7-8-22-16(21)9-13/h4-10,12H,11H2,1-3H3,(H,23,24,25,26). The van der Waals surface area contributed by atoms with E-state index in [-0.39, 0.29) is 6.61 Å². The van der Waals surface area contributed by atoms with Crippen molar-refractivity contribution >= 4 is 29.2 Å². The van der Waals surface area contributed by atoms with Crippen LogP contribution in [-0.2, 0) is 9.53 Å². The minimum atomic E-state index is -0.556. The Balaban J connectivity index is 1.67. The molecule has 2 aromatic heterocycles. The molecule has 1 aromatic carbocycles. The van der Waals surface area contributed by atoms with Gasteiger partial charge in [-0.2, -0.15) is 4.98 Å². The average molecular weight is 414 g/mol. The van der Waals surface area contributed by atoms with E-state index in [1.54, 1.807) is 57.3 Å². The summed E-state index contributed by atoms with van der Waals surface area (Å²) in [5.41, 5.74) is 0.862. The van der Waals surface area contributed by atoms with Crippen LogP contribution in [0.15, 0.2) is 48.9 Å². The Hall–Kier alpha value is -3.26. The summed E-state index contributed by atoms with van der Waals surface area (Å²) in [5, 5.41) is 3.44. The summed E-state index contributed by atoms with van der Waals surface area (Å²) in [4.78, 5) is 28.4. The number of hydrogen-bond donors (Lipinski definition) is 1. The van der Waals surface area contributed by atoms with E-state index >= 15 is 0 Å². The van der Waals surface area contributed by atoms with Crippen molar-refractivity contribution in [2.24, 2.45) is 0 Å². The predicted molar refractivity (Wildman–Crippen MR) is 109 cm³/mol. The summed E-state index contributed by atoms with van der Waals surface area (Å²) in [6.45, 7) is 5.23. The molecular formula is C20H20ClN5O3. The Bertz CT molecular complexity index is 1010. The molecule has 3 aromatic rings. The van der Waals surface area contributed by atoms with Crippen molar-refractivity contribution in [2.75, 3.05) is 11.9 Å². The minimum absolute atomic E-state index is 0.181. The molecule has 1 N–H and O–H groups in total. The lowest BCUT2D eigenvalue weighted by atomic mass is 10.2. The third-order valence-corrected chi connectivity index (χ3v) is 3.63. The molecule has 29 heavy (non-hydrogen) atoms. The molecule has 0 spiro atoms. The molecular weight excluding hydrogens is 394 g/mol. The first-order chi connectivity index (χ1) is 13.8. The van der Waals surface area contributed by atoms with Crippen LogP contribution in [0.5, 0.6) is 5.75 Å². The van der Waals surface area contributed by atoms with Gasteiger partial charge in [-0.25, -0.2) is 19.7 Å². The van der Waals surface area contributed by atoms with E-state index in [0.29, 0.717) is 28.4 Å². The van der Waals surface area contributed by atoms with E-state index in [9.17, 15) is 4.79 Å². The van der Waals surface area contributed by atoms with E-state index in [2.05, 4.69) is 25.3 Å². The molecule has 0 unspecified atom stereocenters. The van der Waals surface area contributed by atoms with Gasteiger partial charge in [0.15, 0.2) is 12.4 Å². The van der Waals surface area contributed by atoms with Gasteiger partial charge in [-0.15, -0.1) is 0 Å². The van der Waals surface area contributed by atoms with Gasteiger partial charge in [0.1, 0.15) is 22.8 Å². The number of carbonyl (C=O) groups excluding carboxylic acids is 1. The van der Waals surface area contributed by atoms with Gasteiger partial charge in [0.05, 0.1) is 0 Å². The lowest BCUT2D eigenvalue weighted by Crippen LogP contribution is -2.27. The lowest BCUT2D eigenvalue weighted by Gasteiger charge is -2.19. The zero-order chi connectivity index (χ0) is 20.9. The van der Waals surface area contributed by atoms with Crippen molar-refractivity contribution in [3.05, 3.63) is 54.1 Å². The molecule has 0 saturated carbocycles. The number of carbonyl (C=O) groups is 1. The Morgan fingerprint density at radius 3 is 2.72 bits per heavy atom. The zero-order valence-corrected chi connectivity index (χ0v) is 17.0. The molecule has 0 radical (unpaired) electrons. The third kappa shape index (κ3) is 6.39. The number of esters is 1. The predicted octanol–water partition coefficient (Wildman–Crippen LogP) is 4.05. The number of rotatable bonds is 6. The fourth-order valence-corrected chi connectivity index (χ4v) is 2.52. The Morgan fingerprint density at radius 2 is 1.97 bits per heavy atom. The normalized spacial score (nSPS) is 11.0. The van der Waals surface area contributed by atoms with Gasteiger partial charge in [-0.05, 0) is 45.0 Å². The quantitative estimate of drug-likeness (QED) is 0.477. The van der Waals surface area contributed by atoms with E-state index in [1.165, 1.54) is 6.33 Å². The van der Waals surface area contributed by atoms with E-state index in [0.717, 1.165) is 5.56 Å². The SMILES string of the molecule is CC(C)(C)OC(=O)COc1cccc(Nc2ncnc(-c3ccnc(Cl)c3)n2)c1. The second kappa shape index (κ2) is 8.83. The smallest absolute Gasteiger partial charge is 0.344 e. The monoisotopic (exact) mass is 413 g/mol. The van der Waals surface area contributed by atoms with Crippen LogP contribution >= 0.6 is 11.6 Å². The molecule has 0 aliphatic carbocycles. The largest absolute Gasteiger partial charge is 0.482 e. The van der Waals surface area contributed by atoms with Crippen molar-refractivity contribution in [3.8, 4) is 17.1 Å². The fraction of sp³-hybridized carbons (Fsp3) is 0.250. The second-order valence-electron chi connectivity index (χ2n) is 7.03. The van der Waals surface area contributed by atoms with Crippen molar-refractivity contribution in [2.45, 2.75) is 26.4 Å². The molecule has 0 saturated heterocycles. The van der Waals surface area contributed by atoms with Crippen molar-refractivity contribution in [1.82, 2.24) is 19.9 Å². The van der Waals surface area contributed by atoms with Gasteiger partial charge >= 0.3 is 5.97 Å². The molecule has 0 aliphatic rings. The Morgan fingerprint density at radius 1 is 1.14 bits per heavy atom. The highest BCUT2D eigenvalue weighted by molar-refractivity contribution is 6.29. The number of pyridine rings is 1. The summed E-state index contributed by atoms with van der Waals surface area (Å²) in [7, 11) is 0. The maximum Gasteiger partial charge on any atom is 0.344 e. The van der Waals surface area contributed by atoms with E-state index in [1.807, 2.05) is 6.07 Å². The lowest BCUT2D eigenvalue weighted by molar-refractivity contribution is -0.157. The first-order valence-corrected chi connectivity index (χ1v) is 9.19. The second-order valence-corrected chi connectivity index (χ2v) is 7.42. The Labute approximate surface area is 173 Å². The first-order valence-electron chi connectivity index (χ1n) is 8.81. The molecule has 8 nitrogen and oxygen atoms in total. The summed E-state index contributed by atoms with van der Waals surface area (Å²) < 4.78 is 10.7. The number of aromatic nitrogens is 4. The topological polar surface area (TPSA) is 99.1 Å². The van der Waals surface area contributed by atoms with Gasteiger partial charge in [0, 0.05) is 23.5 Å². The molecule has 0 bridgehead atoms. The highest BCUT2D eigenvalue weighted by Gasteiger charge is 2.16. The highest BCUT2D eigenvalue weighted by atomic mass is 35.5. The zero-order valence-electron chi connectivity index (χ0n) is 16.2. The van der Waals surface area contributed by atoms with Crippen LogP contribution in [0, 0.1) is 0 Å². The number of anilines is 2. The number of benzene rings is 1. The van der Waals surface area contributed by atoms with Crippen LogP contribution in [0.4, 0.5) is 11.6 Å². The van der Waals surface area contributed by atoms with Crippen molar-refractivity contribution in [3.63, 3.8) is 0 Å². The molecule has 0 atom stereocenters. The van der Waals surface area contributed by atoms with Crippen LogP contribution in [0.1, 0.15) is 20.8 Å². The van der Waals surface area contributed by atoms with Gasteiger partial charge in [0.2, 0.25) is 5.95 Å². The van der Waals surface area contributed by atoms with Crippen molar-refractivity contribution in [1.29, 1.82) is 0 Å². The minimum Gasteiger partial charge on any atom is -0.482 e. The van der Waals surface area contributed by atoms with Gasteiger partial charge < -0.3 is 14.8 Å². The third-order valence-electron chi connectivity index (χ3n) is 3.42. The number of nitrogens with zero attached hydrogens (tertiary/aromatic N) is 4.